The molecule has 0 spiro atoms. The quantitative estimate of drug-likeness (QED) is 0.818. The fraction of sp³-hybridized carbons (Fsp3) is 0.462. The highest BCUT2D eigenvalue weighted by atomic mass is 16.4. The third-order valence-electron chi connectivity index (χ3n) is 3.12. The summed E-state index contributed by atoms with van der Waals surface area (Å²) >= 11 is 0. The Labute approximate surface area is 95.5 Å². The molecule has 1 atom stereocenters. The smallest absolute Gasteiger partial charge is 0.337 e. The minimum absolute atomic E-state index is 0.362. The lowest BCUT2D eigenvalue weighted by Crippen LogP contribution is -2.19. The molecule has 1 aromatic carbocycles. The summed E-state index contributed by atoms with van der Waals surface area (Å²) in [6.45, 7) is 4.02. The van der Waals surface area contributed by atoms with Gasteiger partial charge in [0.1, 0.15) is 0 Å². The Kier molecular flexibility index (Phi) is 2.86. The van der Waals surface area contributed by atoms with Crippen LogP contribution in [0.3, 0.4) is 0 Å². The first-order valence-corrected chi connectivity index (χ1v) is 5.68. The second kappa shape index (κ2) is 4.16. The number of carbonyl (C=O) groups is 1. The molecule has 0 heterocycles. The van der Waals surface area contributed by atoms with Gasteiger partial charge in [0.15, 0.2) is 0 Å². The maximum Gasteiger partial charge on any atom is 0.337 e. The van der Waals surface area contributed by atoms with Crippen LogP contribution in [-0.2, 0) is 0 Å². The van der Waals surface area contributed by atoms with E-state index in [1.165, 1.54) is 12.8 Å². The Bertz CT molecular complexity index is 410. The number of aryl methyl sites for hydroxylation is 1. The number of hydrogen-bond donors (Lipinski definition) is 2. The Hall–Kier alpha value is -1.51. The molecule has 3 nitrogen and oxygen atoms in total. The minimum atomic E-state index is -0.866. The van der Waals surface area contributed by atoms with Gasteiger partial charge in [0.2, 0.25) is 0 Å². The second-order valence-electron chi connectivity index (χ2n) is 4.62. The number of aromatic carboxylic acids is 1. The Morgan fingerprint density at radius 2 is 2.19 bits per heavy atom. The summed E-state index contributed by atoms with van der Waals surface area (Å²) in [4.78, 5) is 11.1. The van der Waals surface area contributed by atoms with Crippen molar-refractivity contribution in [2.75, 3.05) is 5.32 Å². The van der Waals surface area contributed by atoms with E-state index in [1.54, 1.807) is 6.07 Å². The fourth-order valence-electron chi connectivity index (χ4n) is 1.92. The maximum absolute atomic E-state index is 11.1. The van der Waals surface area contributed by atoms with E-state index in [2.05, 4.69) is 12.2 Å². The van der Waals surface area contributed by atoms with Crippen LogP contribution in [0, 0.1) is 12.8 Å². The predicted molar refractivity (Wildman–Crippen MR) is 63.9 cm³/mol. The molecular weight excluding hydrogens is 202 g/mol. The Balaban J connectivity index is 2.21. The first-order valence-electron chi connectivity index (χ1n) is 5.68. The number of anilines is 1. The standard InChI is InChI=1S/C13H17NO2/c1-8-3-6-12(11(7-8)13(15)16)14-9(2)10-4-5-10/h3,6-7,9-10,14H,4-5H2,1-2H3,(H,15,16). The Morgan fingerprint density at radius 1 is 1.50 bits per heavy atom. The zero-order valence-electron chi connectivity index (χ0n) is 9.66. The largest absolute Gasteiger partial charge is 0.478 e. The SMILES string of the molecule is Cc1ccc(NC(C)C2CC2)c(C(=O)O)c1. The van der Waals surface area contributed by atoms with E-state index in [0.717, 1.165) is 11.3 Å². The normalized spacial score (nSPS) is 16.9. The van der Waals surface area contributed by atoms with Gasteiger partial charge in [-0.1, -0.05) is 11.6 Å². The van der Waals surface area contributed by atoms with Crippen molar-refractivity contribution in [1.29, 1.82) is 0 Å². The third kappa shape index (κ3) is 2.35. The number of nitrogens with one attached hydrogen (secondary N) is 1. The van der Waals surface area contributed by atoms with E-state index in [0.29, 0.717) is 17.5 Å². The molecule has 2 rings (SSSR count). The summed E-state index contributed by atoms with van der Waals surface area (Å²) in [5, 5.41) is 12.4. The van der Waals surface area contributed by atoms with Crippen LogP contribution in [0.2, 0.25) is 0 Å². The molecule has 0 radical (unpaired) electrons. The monoisotopic (exact) mass is 219 g/mol. The van der Waals surface area contributed by atoms with Crippen LogP contribution in [0.5, 0.6) is 0 Å². The zero-order valence-corrected chi connectivity index (χ0v) is 9.66. The number of rotatable bonds is 4. The zero-order chi connectivity index (χ0) is 11.7. The van der Waals surface area contributed by atoms with Crippen LogP contribution in [0.15, 0.2) is 18.2 Å². The van der Waals surface area contributed by atoms with Crippen molar-refractivity contribution in [3.8, 4) is 0 Å². The van der Waals surface area contributed by atoms with Gasteiger partial charge in [0, 0.05) is 11.7 Å². The summed E-state index contributed by atoms with van der Waals surface area (Å²) < 4.78 is 0. The number of benzene rings is 1. The van der Waals surface area contributed by atoms with Gasteiger partial charge in [-0.05, 0) is 44.7 Å². The number of hydrogen-bond acceptors (Lipinski definition) is 2. The van der Waals surface area contributed by atoms with Crippen LogP contribution in [0.1, 0.15) is 35.7 Å². The Morgan fingerprint density at radius 3 is 2.75 bits per heavy atom. The van der Waals surface area contributed by atoms with Crippen molar-refractivity contribution in [1.82, 2.24) is 0 Å². The summed E-state index contributed by atoms with van der Waals surface area (Å²) in [6, 6.07) is 5.87. The first kappa shape index (κ1) is 11.0. The van der Waals surface area contributed by atoms with Gasteiger partial charge in [0.05, 0.1) is 5.56 Å². The van der Waals surface area contributed by atoms with Crippen LogP contribution < -0.4 is 5.32 Å². The molecule has 0 bridgehead atoms. The van der Waals surface area contributed by atoms with Crippen molar-refractivity contribution in [3.63, 3.8) is 0 Å². The summed E-state index contributed by atoms with van der Waals surface area (Å²) in [6.07, 6.45) is 2.50. The molecule has 0 saturated heterocycles. The molecule has 16 heavy (non-hydrogen) atoms. The summed E-state index contributed by atoms with van der Waals surface area (Å²) in [5.74, 6) is -0.155. The molecule has 0 aliphatic heterocycles. The number of carboxylic acids is 1. The van der Waals surface area contributed by atoms with E-state index in [-0.39, 0.29) is 0 Å². The lowest BCUT2D eigenvalue weighted by atomic mass is 10.1. The highest BCUT2D eigenvalue weighted by Gasteiger charge is 2.28. The highest BCUT2D eigenvalue weighted by Crippen LogP contribution is 2.34. The van der Waals surface area contributed by atoms with E-state index >= 15 is 0 Å². The molecule has 3 heteroatoms. The first-order chi connectivity index (χ1) is 7.58. The van der Waals surface area contributed by atoms with E-state index in [4.69, 9.17) is 5.11 Å². The molecule has 1 fully saturated rings. The molecule has 0 aromatic heterocycles. The third-order valence-corrected chi connectivity index (χ3v) is 3.12. The molecule has 1 aliphatic rings. The van der Waals surface area contributed by atoms with Crippen molar-refractivity contribution >= 4 is 11.7 Å². The molecule has 1 aromatic rings. The minimum Gasteiger partial charge on any atom is -0.478 e. The van der Waals surface area contributed by atoms with Gasteiger partial charge >= 0.3 is 5.97 Å². The highest BCUT2D eigenvalue weighted by molar-refractivity contribution is 5.94. The van der Waals surface area contributed by atoms with E-state index in [9.17, 15) is 4.79 Å². The van der Waals surface area contributed by atoms with Crippen molar-refractivity contribution in [3.05, 3.63) is 29.3 Å². The van der Waals surface area contributed by atoms with Crippen molar-refractivity contribution in [2.45, 2.75) is 32.7 Å². The molecule has 2 N–H and O–H groups in total. The van der Waals surface area contributed by atoms with Gasteiger partial charge in [-0.25, -0.2) is 4.79 Å². The molecule has 1 unspecified atom stereocenters. The van der Waals surface area contributed by atoms with Crippen LogP contribution >= 0.6 is 0 Å². The molecule has 1 saturated carbocycles. The van der Waals surface area contributed by atoms with E-state index < -0.39 is 5.97 Å². The topological polar surface area (TPSA) is 49.3 Å². The van der Waals surface area contributed by atoms with Crippen LogP contribution in [0.25, 0.3) is 0 Å². The maximum atomic E-state index is 11.1. The van der Waals surface area contributed by atoms with Crippen molar-refractivity contribution in [2.24, 2.45) is 5.92 Å². The van der Waals surface area contributed by atoms with Crippen LogP contribution in [-0.4, -0.2) is 17.1 Å². The molecular formula is C13H17NO2. The lowest BCUT2D eigenvalue weighted by molar-refractivity contribution is 0.0698. The van der Waals surface area contributed by atoms with Gasteiger partial charge in [-0.2, -0.15) is 0 Å². The molecule has 0 amide bonds. The summed E-state index contributed by atoms with van der Waals surface area (Å²) in [7, 11) is 0. The van der Waals surface area contributed by atoms with Crippen LogP contribution in [0.4, 0.5) is 5.69 Å². The molecule has 86 valence electrons. The van der Waals surface area contributed by atoms with Gasteiger partial charge in [0.25, 0.3) is 0 Å². The molecule has 1 aliphatic carbocycles. The summed E-state index contributed by atoms with van der Waals surface area (Å²) in [5.41, 5.74) is 2.08. The fourth-order valence-corrected chi connectivity index (χ4v) is 1.92. The average Bonchev–Trinajstić information content (AvgIpc) is 3.03. The second-order valence-corrected chi connectivity index (χ2v) is 4.62. The number of carboxylic acid groups (broad SMARTS) is 1. The van der Waals surface area contributed by atoms with Gasteiger partial charge in [-0.3, -0.25) is 0 Å². The average molecular weight is 219 g/mol. The van der Waals surface area contributed by atoms with Gasteiger partial charge < -0.3 is 10.4 Å². The van der Waals surface area contributed by atoms with E-state index in [1.807, 2.05) is 19.1 Å². The predicted octanol–water partition coefficient (Wildman–Crippen LogP) is 2.90. The van der Waals surface area contributed by atoms with Gasteiger partial charge in [-0.15, -0.1) is 0 Å². The lowest BCUT2D eigenvalue weighted by Gasteiger charge is -2.16. The van der Waals surface area contributed by atoms with Crippen molar-refractivity contribution < 1.29 is 9.90 Å².